The van der Waals surface area contributed by atoms with E-state index in [1.165, 1.54) is 6.08 Å². The molecular weight excluding hydrogens is 426 g/mol. The second-order valence-electron chi connectivity index (χ2n) is 8.42. The fraction of sp³-hybridized carbons (Fsp3) is 0.154. The zero-order valence-electron chi connectivity index (χ0n) is 19.5. The monoisotopic (exact) mass is 451 g/mol. The number of fused-ring (bicyclic) bond motifs is 1. The standard InChI is InChI=1S/C26H25N7O/c1-6-22(34)30-21-9-17(8-7-15(21)2)24-23-16(3)20(18-10-28-32(4)13-18)12-27-26(23)31-25(24)19-11-29-33(5)14-19/h6-14H,1H2,2-5H3,(H,27,31)(H,30,34). The SMILES string of the molecule is C=CC(=O)Nc1cc(-c2c(-c3cnn(C)c3)[nH]c3ncc(-c4cnn(C)c4)c(C)c23)ccc1C. The van der Waals surface area contributed by atoms with Gasteiger partial charge in [0.2, 0.25) is 5.91 Å². The van der Waals surface area contributed by atoms with Crippen LogP contribution < -0.4 is 5.32 Å². The van der Waals surface area contributed by atoms with Gasteiger partial charge in [-0.3, -0.25) is 14.2 Å². The summed E-state index contributed by atoms with van der Waals surface area (Å²) in [7, 11) is 3.79. The Hall–Kier alpha value is -4.46. The molecule has 8 nitrogen and oxygen atoms in total. The van der Waals surface area contributed by atoms with Crippen LogP contribution in [0.5, 0.6) is 0 Å². The molecule has 2 N–H and O–H groups in total. The van der Waals surface area contributed by atoms with Crippen LogP contribution in [0.3, 0.4) is 0 Å². The molecule has 0 aliphatic carbocycles. The van der Waals surface area contributed by atoms with Crippen LogP contribution in [-0.2, 0) is 18.9 Å². The number of aromatic nitrogens is 6. The molecule has 170 valence electrons. The quantitative estimate of drug-likeness (QED) is 0.376. The first-order chi connectivity index (χ1) is 16.4. The fourth-order valence-electron chi connectivity index (χ4n) is 4.31. The largest absolute Gasteiger partial charge is 0.339 e. The molecule has 0 saturated heterocycles. The van der Waals surface area contributed by atoms with Gasteiger partial charge in [-0.05, 0) is 42.7 Å². The lowest BCUT2D eigenvalue weighted by Crippen LogP contribution is -2.08. The first-order valence-corrected chi connectivity index (χ1v) is 10.9. The molecule has 4 aromatic heterocycles. The van der Waals surface area contributed by atoms with Crippen LogP contribution >= 0.6 is 0 Å². The summed E-state index contributed by atoms with van der Waals surface area (Å²) in [5.74, 6) is -0.247. The van der Waals surface area contributed by atoms with E-state index in [-0.39, 0.29) is 5.91 Å². The predicted molar refractivity (Wildman–Crippen MR) is 134 cm³/mol. The van der Waals surface area contributed by atoms with Crippen molar-refractivity contribution in [2.75, 3.05) is 5.32 Å². The van der Waals surface area contributed by atoms with Crippen LogP contribution in [0.4, 0.5) is 5.69 Å². The normalized spacial score (nSPS) is 11.2. The molecule has 0 spiro atoms. The number of hydrogen-bond acceptors (Lipinski definition) is 4. The Bertz CT molecular complexity index is 1570. The van der Waals surface area contributed by atoms with E-state index >= 15 is 0 Å². The first kappa shape index (κ1) is 21.4. The van der Waals surface area contributed by atoms with Crippen LogP contribution in [0.2, 0.25) is 0 Å². The number of carbonyl (C=O) groups is 1. The average Bonchev–Trinajstić information content (AvgIpc) is 3.54. The third kappa shape index (κ3) is 3.59. The van der Waals surface area contributed by atoms with E-state index < -0.39 is 0 Å². The van der Waals surface area contributed by atoms with Gasteiger partial charge in [-0.15, -0.1) is 0 Å². The predicted octanol–water partition coefficient (Wildman–Crippen LogP) is 4.77. The first-order valence-electron chi connectivity index (χ1n) is 10.9. The van der Waals surface area contributed by atoms with Gasteiger partial charge in [0.1, 0.15) is 5.65 Å². The van der Waals surface area contributed by atoms with Gasteiger partial charge in [-0.2, -0.15) is 10.2 Å². The highest BCUT2D eigenvalue weighted by molar-refractivity contribution is 6.07. The second kappa shape index (κ2) is 8.15. The molecule has 0 radical (unpaired) electrons. The van der Waals surface area contributed by atoms with Crippen molar-refractivity contribution in [3.05, 3.63) is 73.0 Å². The minimum absolute atomic E-state index is 0.247. The number of rotatable bonds is 5. The van der Waals surface area contributed by atoms with E-state index in [0.717, 1.165) is 61.4 Å². The lowest BCUT2D eigenvalue weighted by atomic mass is 9.94. The van der Waals surface area contributed by atoms with E-state index in [0.29, 0.717) is 0 Å². The highest BCUT2D eigenvalue weighted by Crippen LogP contribution is 2.42. The van der Waals surface area contributed by atoms with E-state index in [4.69, 9.17) is 4.98 Å². The Morgan fingerprint density at radius 3 is 2.38 bits per heavy atom. The molecular formula is C26H25N7O. The minimum atomic E-state index is -0.247. The summed E-state index contributed by atoms with van der Waals surface area (Å²) in [4.78, 5) is 20.3. The number of aromatic amines is 1. The average molecular weight is 452 g/mol. The van der Waals surface area contributed by atoms with Gasteiger partial charge in [0.25, 0.3) is 0 Å². The number of pyridine rings is 1. The number of aryl methyl sites for hydroxylation is 4. The maximum atomic E-state index is 12.0. The summed E-state index contributed by atoms with van der Waals surface area (Å²) < 4.78 is 3.56. The summed E-state index contributed by atoms with van der Waals surface area (Å²) >= 11 is 0. The molecule has 0 aliphatic heterocycles. The van der Waals surface area contributed by atoms with Crippen molar-refractivity contribution >= 4 is 22.6 Å². The van der Waals surface area contributed by atoms with Crippen molar-refractivity contribution in [2.24, 2.45) is 14.1 Å². The number of nitrogens with zero attached hydrogens (tertiary/aromatic N) is 5. The van der Waals surface area contributed by atoms with Gasteiger partial charge in [0.05, 0.1) is 18.1 Å². The smallest absolute Gasteiger partial charge is 0.247 e. The number of anilines is 1. The summed E-state index contributed by atoms with van der Waals surface area (Å²) in [6.45, 7) is 7.63. The molecule has 1 amide bonds. The number of carbonyl (C=O) groups excluding carboxylic acids is 1. The molecule has 0 saturated carbocycles. The van der Waals surface area contributed by atoms with Crippen molar-refractivity contribution in [3.8, 4) is 33.5 Å². The Morgan fingerprint density at radius 2 is 1.74 bits per heavy atom. The topological polar surface area (TPSA) is 93.4 Å². The Balaban J connectivity index is 1.80. The number of nitrogens with one attached hydrogen (secondary N) is 2. The van der Waals surface area contributed by atoms with E-state index in [9.17, 15) is 4.79 Å². The number of H-pyrrole nitrogens is 1. The second-order valence-corrected chi connectivity index (χ2v) is 8.42. The van der Waals surface area contributed by atoms with Crippen molar-refractivity contribution in [1.82, 2.24) is 29.5 Å². The molecule has 8 heteroatoms. The summed E-state index contributed by atoms with van der Waals surface area (Å²) in [6, 6.07) is 6.07. The number of amides is 1. The van der Waals surface area contributed by atoms with Crippen LogP contribution in [0.1, 0.15) is 11.1 Å². The molecule has 0 atom stereocenters. The Labute approximate surface area is 197 Å². The third-order valence-electron chi connectivity index (χ3n) is 6.06. The van der Waals surface area contributed by atoms with Gasteiger partial charge >= 0.3 is 0 Å². The number of benzene rings is 1. The zero-order chi connectivity index (χ0) is 24.0. The highest BCUT2D eigenvalue weighted by Gasteiger charge is 2.21. The molecule has 5 rings (SSSR count). The Morgan fingerprint density at radius 1 is 1.03 bits per heavy atom. The summed E-state index contributed by atoms with van der Waals surface area (Å²) in [5.41, 5.74) is 9.46. The third-order valence-corrected chi connectivity index (χ3v) is 6.06. The molecule has 0 unspecified atom stereocenters. The maximum Gasteiger partial charge on any atom is 0.247 e. The van der Waals surface area contributed by atoms with Crippen molar-refractivity contribution in [2.45, 2.75) is 13.8 Å². The fourth-order valence-corrected chi connectivity index (χ4v) is 4.31. The van der Waals surface area contributed by atoms with E-state index in [2.05, 4.69) is 40.1 Å². The van der Waals surface area contributed by atoms with Gasteiger partial charge in [-0.1, -0.05) is 18.7 Å². The molecule has 5 aromatic rings. The van der Waals surface area contributed by atoms with Crippen LogP contribution in [0, 0.1) is 13.8 Å². The highest BCUT2D eigenvalue weighted by atomic mass is 16.1. The molecule has 0 bridgehead atoms. The van der Waals surface area contributed by atoms with Crippen molar-refractivity contribution in [3.63, 3.8) is 0 Å². The van der Waals surface area contributed by atoms with E-state index in [1.54, 1.807) is 9.36 Å². The van der Waals surface area contributed by atoms with Crippen molar-refractivity contribution in [1.29, 1.82) is 0 Å². The summed E-state index contributed by atoms with van der Waals surface area (Å²) in [6.07, 6.45) is 10.8. The van der Waals surface area contributed by atoms with Gasteiger partial charge in [0.15, 0.2) is 0 Å². The van der Waals surface area contributed by atoms with Crippen LogP contribution in [0.25, 0.3) is 44.5 Å². The van der Waals surface area contributed by atoms with Crippen molar-refractivity contribution < 1.29 is 4.79 Å². The zero-order valence-corrected chi connectivity index (χ0v) is 19.5. The molecule has 4 heterocycles. The van der Waals surface area contributed by atoms with Crippen LogP contribution in [0.15, 0.2) is 61.8 Å². The van der Waals surface area contributed by atoms with Gasteiger partial charge in [-0.25, -0.2) is 4.98 Å². The molecule has 1 aromatic carbocycles. The molecule has 34 heavy (non-hydrogen) atoms. The summed E-state index contributed by atoms with van der Waals surface area (Å²) in [5, 5.41) is 12.6. The van der Waals surface area contributed by atoms with Crippen LogP contribution in [-0.4, -0.2) is 35.4 Å². The molecule has 0 aliphatic rings. The van der Waals surface area contributed by atoms with E-state index in [1.807, 2.05) is 64.1 Å². The van der Waals surface area contributed by atoms with Gasteiger partial charge in [0, 0.05) is 66.0 Å². The maximum absolute atomic E-state index is 12.0. The Kier molecular flexibility index (Phi) is 5.13. The lowest BCUT2D eigenvalue weighted by molar-refractivity contribution is -0.111. The van der Waals surface area contributed by atoms with Gasteiger partial charge < -0.3 is 10.3 Å². The lowest BCUT2D eigenvalue weighted by Gasteiger charge is -2.12. The molecule has 0 fully saturated rings. The number of hydrogen-bond donors (Lipinski definition) is 2. The minimum Gasteiger partial charge on any atom is -0.339 e.